The Balaban J connectivity index is 1.43. The number of ether oxygens (including phenoxy) is 2. The molecular formula is C23H34N2O5. The van der Waals surface area contributed by atoms with Gasteiger partial charge in [-0.1, -0.05) is 18.2 Å². The maximum Gasteiger partial charge on any atom is 0.227 e. The molecule has 0 radical (unpaired) electrons. The van der Waals surface area contributed by atoms with E-state index in [0.717, 1.165) is 43.4 Å². The van der Waals surface area contributed by atoms with Gasteiger partial charge in [-0.3, -0.25) is 9.59 Å². The van der Waals surface area contributed by atoms with Gasteiger partial charge in [0.1, 0.15) is 0 Å². The molecule has 30 heavy (non-hydrogen) atoms. The second-order valence-corrected chi connectivity index (χ2v) is 8.21. The minimum atomic E-state index is -0.314. The lowest BCUT2D eigenvalue weighted by atomic mass is 9.91. The molecule has 1 aliphatic heterocycles. The van der Waals surface area contributed by atoms with Gasteiger partial charge in [-0.25, -0.2) is 0 Å². The highest BCUT2D eigenvalue weighted by atomic mass is 16.5. The lowest BCUT2D eigenvalue weighted by Crippen LogP contribution is -2.45. The quantitative estimate of drug-likeness (QED) is 0.570. The van der Waals surface area contributed by atoms with Crippen molar-refractivity contribution in [1.82, 2.24) is 4.90 Å². The first-order valence-corrected chi connectivity index (χ1v) is 11.1. The van der Waals surface area contributed by atoms with Crippen LogP contribution in [0.2, 0.25) is 0 Å². The third-order valence-corrected chi connectivity index (χ3v) is 5.97. The number of methoxy groups -OCH3 is 1. The van der Waals surface area contributed by atoms with Gasteiger partial charge in [-0.05, 0) is 44.6 Å². The van der Waals surface area contributed by atoms with Crippen molar-refractivity contribution in [2.24, 2.45) is 0 Å². The van der Waals surface area contributed by atoms with E-state index in [4.69, 9.17) is 9.47 Å². The maximum absolute atomic E-state index is 12.8. The topological polar surface area (TPSA) is 88.1 Å². The number of aliphatic hydroxyl groups is 1. The normalized spacial score (nSPS) is 23.5. The van der Waals surface area contributed by atoms with Crippen LogP contribution < -0.4 is 5.32 Å². The van der Waals surface area contributed by atoms with Gasteiger partial charge in [0.2, 0.25) is 11.8 Å². The van der Waals surface area contributed by atoms with Gasteiger partial charge in [0, 0.05) is 44.0 Å². The number of fused-ring (bicyclic) bond motifs is 1. The zero-order chi connectivity index (χ0) is 21.3. The van der Waals surface area contributed by atoms with Crippen LogP contribution >= 0.6 is 0 Å². The molecule has 2 N–H and O–H groups in total. The molecule has 0 saturated heterocycles. The smallest absolute Gasteiger partial charge is 0.227 e. The van der Waals surface area contributed by atoms with Crippen LogP contribution in [-0.2, 0) is 19.1 Å². The first kappa shape index (κ1) is 22.7. The highest BCUT2D eigenvalue weighted by Crippen LogP contribution is 2.32. The summed E-state index contributed by atoms with van der Waals surface area (Å²) in [5.74, 6) is 0.0888. The number of unbranched alkanes of at least 4 members (excludes halogenated alkanes) is 1. The molecule has 3 rings (SSSR count). The fourth-order valence-electron chi connectivity index (χ4n) is 4.39. The van der Waals surface area contributed by atoms with Gasteiger partial charge >= 0.3 is 0 Å². The number of nitrogens with one attached hydrogen (secondary N) is 1. The Morgan fingerprint density at radius 2 is 2.07 bits per heavy atom. The zero-order valence-electron chi connectivity index (χ0n) is 17.8. The average molecular weight is 419 g/mol. The molecule has 7 nitrogen and oxygen atoms in total. The van der Waals surface area contributed by atoms with Crippen molar-refractivity contribution in [3.8, 4) is 0 Å². The lowest BCUT2D eigenvalue weighted by molar-refractivity contribution is -0.136. The molecule has 0 aromatic heterocycles. The third kappa shape index (κ3) is 6.27. The number of amides is 2. The second-order valence-electron chi connectivity index (χ2n) is 8.21. The molecule has 0 bridgehead atoms. The Morgan fingerprint density at radius 3 is 2.87 bits per heavy atom. The van der Waals surface area contributed by atoms with E-state index >= 15 is 0 Å². The summed E-state index contributed by atoms with van der Waals surface area (Å²) in [5.41, 5.74) is 1.83. The van der Waals surface area contributed by atoms with Crippen LogP contribution in [0.4, 0.5) is 5.69 Å². The van der Waals surface area contributed by atoms with E-state index in [0.29, 0.717) is 39.0 Å². The Bertz CT molecular complexity index is 711. The number of aliphatic hydroxyl groups excluding tert-OH is 1. The van der Waals surface area contributed by atoms with E-state index in [9.17, 15) is 14.7 Å². The predicted octanol–water partition coefficient (Wildman–Crippen LogP) is 3.04. The number of hydrogen-bond acceptors (Lipinski definition) is 5. The number of rotatable bonds is 10. The fourth-order valence-corrected chi connectivity index (χ4v) is 4.39. The summed E-state index contributed by atoms with van der Waals surface area (Å²) in [6.45, 7) is 1.58. The minimum absolute atomic E-state index is 0.0302. The molecule has 1 saturated carbocycles. The van der Waals surface area contributed by atoms with E-state index in [1.807, 2.05) is 29.2 Å². The number of anilines is 1. The van der Waals surface area contributed by atoms with Crippen molar-refractivity contribution in [3.63, 3.8) is 0 Å². The first-order valence-electron chi connectivity index (χ1n) is 11.1. The van der Waals surface area contributed by atoms with Crippen molar-refractivity contribution in [1.29, 1.82) is 0 Å². The van der Waals surface area contributed by atoms with Crippen LogP contribution in [0.3, 0.4) is 0 Å². The minimum Gasteiger partial charge on any atom is -0.393 e. The van der Waals surface area contributed by atoms with Crippen LogP contribution in [0, 0.1) is 0 Å². The molecule has 166 valence electrons. The van der Waals surface area contributed by atoms with E-state index in [1.165, 1.54) is 0 Å². The van der Waals surface area contributed by atoms with E-state index in [-0.39, 0.29) is 30.1 Å². The van der Waals surface area contributed by atoms with Crippen LogP contribution in [0.1, 0.15) is 63.0 Å². The van der Waals surface area contributed by atoms with Gasteiger partial charge in [-0.2, -0.15) is 0 Å². The van der Waals surface area contributed by atoms with Crippen molar-refractivity contribution >= 4 is 17.5 Å². The summed E-state index contributed by atoms with van der Waals surface area (Å²) in [4.78, 5) is 26.6. The standard InChI is InChI=1S/C23H34N2O5/c1-29-14-12-25(17-7-6-8-18(26)15-17)23(28)11-4-5-13-30-21-16-22(27)24-20-10-3-2-9-19(20)21/h2-3,9-10,17-18,21,26H,4-8,11-16H2,1H3,(H,24,27). The van der Waals surface area contributed by atoms with Gasteiger partial charge in [0.15, 0.2) is 0 Å². The van der Waals surface area contributed by atoms with Crippen LogP contribution in [0.15, 0.2) is 24.3 Å². The summed E-state index contributed by atoms with van der Waals surface area (Å²) in [5, 5.41) is 12.9. The molecule has 1 aromatic rings. The molecule has 2 aliphatic rings. The summed E-state index contributed by atoms with van der Waals surface area (Å²) in [6, 6.07) is 7.81. The van der Waals surface area contributed by atoms with Crippen molar-refractivity contribution in [2.75, 3.05) is 32.2 Å². The molecule has 0 spiro atoms. The zero-order valence-corrected chi connectivity index (χ0v) is 17.8. The Kier molecular flexibility index (Phi) is 8.66. The summed E-state index contributed by atoms with van der Waals surface area (Å²) in [6.07, 6.45) is 5.11. The van der Waals surface area contributed by atoms with Crippen molar-refractivity contribution in [3.05, 3.63) is 29.8 Å². The van der Waals surface area contributed by atoms with E-state index < -0.39 is 0 Å². The number of carbonyl (C=O) groups excluding carboxylic acids is 2. The molecule has 3 atom stereocenters. The van der Waals surface area contributed by atoms with Gasteiger partial charge in [-0.15, -0.1) is 0 Å². The Morgan fingerprint density at radius 1 is 1.23 bits per heavy atom. The highest BCUT2D eigenvalue weighted by molar-refractivity contribution is 5.94. The summed E-state index contributed by atoms with van der Waals surface area (Å²) in [7, 11) is 1.64. The Labute approximate surface area is 178 Å². The van der Waals surface area contributed by atoms with Crippen LogP contribution in [0.25, 0.3) is 0 Å². The van der Waals surface area contributed by atoms with Gasteiger partial charge in [0.25, 0.3) is 0 Å². The molecule has 2 amide bonds. The van der Waals surface area contributed by atoms with Crippen molar-refractivity contribution in [2.45, 2.75) is 69.6 Å². The van der Waals surface area contributed by atoms with E-state index in [2.05, 4.69) is 5.32 Å². The van der Waals surface area contributed by atoms with E-state index in [1.54, 1.807) is 7.11 Å². The molecule has 1 fully saturated rings. The number of para-hydroxylation sites is 1. The molecular weight excluding hydrogens is 384 g/mol. The highest BCUT2D eigenvalue weighted by Gasteiger charge is 2.28. The SMILES string of the molecule is COCCN(C(=O)CCCCOC1CC(=O)Nc2ccccc21)C1CCCC(O)C1. The number of carbonyl (C=O) groups is 2. The van der Waals surface area contributed by atoms with Gasteiger partial charge in [0.05, 0.1) is 25.2 Å². The largest absolute Gasteiger partial charge is 0.393 e. The first-order chi connectivity index (χ1) is 14.6. The Hall–Kier alpha value is -1.96. The molecule has 1 aliphatic carbocycles. The number of nitrogens with zero attached hydrogens (tertiary/aromatic N) is 1. The molecule has 1 aromatic carbocycles. The van der Waals surface area contributed by atoms with Crippen molar-refractivity contribution < 1.29 is 24.2 Å². The summed E-state index contributed by atoms with van der Waals surface area (Å²) < 4.78 is 11.2. The monoisotopic (exact) mass is 418 g/mol. The lowest BCUT2D eigenvalue weighted by Gasteiger charge is -2.36. The average Bonchev–Trinajstić information content (AvgIpc) is 2.73. The van der Waals surface area contributed by atoms with Crippen LogP contribution in [0.5, 0.6) is 0 Å². The number of hydrogen-bond donors (Lipinski definition) is 2. The fraction of sp³-hybridized carbons (Fsp3) is 0.652. The maximum atomic E-state index is 12.8. The van der Waals surface area contributed by atoms with Crippen LogP contribution in [-0.4, -0.2) is 60.8 Å². The predicted molar refractivity (Wildman–Crippen MR) is 114 cm³/mol. The second kappa shape index (κ2) is 11.4. The van der Waals surface area contributed by atoms with Gasteiger partial charge < -0.3 is 24.8 Å². The molecule has 7 heteroatoms. The third-order valence-electron chi connectivity index (χ3n) is 5.97. The summed E-state index contributed by atoms with van der Waals surface area (Å²) >= 11 is 0. The number of benzene rings is 1. The molecule has 3 unspecified atom stereocenters. The molecule has 1 heterocycles.